The SMILES string of the molecule is C=C1C[C@@H]([NH3+])CN(c2ccc(C(F)(F)F)c3ncccc23)C1. The van der Waals surface area contributed by atoms with Crippen molar-refractivity contribution in [2.24, 2.45) is 0 Å². The lowest BCUT2D eigenvalue weighted by molar-refractivity contribution is -0.416. The smallest absolute Gasteiger partial charge is 0.361 e. The molecule has 1 atom stereocenters. The first-order valence-corrected chi connectivity index (χ1v) is 7.06. The average Bonchev–Trinajstić information content (AvgIpc) is 2.44. The molecule has 0 amide bonds. The fraction of sp³-hybridized carbons (Fsp3) is 0.312. The molecule has 0 bridgehead atoms. The van der Waals surface area contributed by atoms with E-state index in [1.54, 1.807) is 12.1 Å². The van der Waals surface area contributed by atoms with Crippen LogP contribution in [0.15, 0.2) is 42.6 Å². The number of alkyl halides is 3. The Morgan fingerprint density at radius 2 is 2.05 bits per heavy atom. The van der Waals surface area contributed by atoms with Crippen molar-refractivity contribution in [2.75, 3.05) is 18.0 Å². The molecule has 0 spiro atoms. The monoisotopic (exact) mass is 308 g/mol. The molecule has 1 aromatic carbocycles. The number of pyridine rings is 1. The van der Waals surface area contributed by atoms with Gasteiger partial charge in [-0.15, -0.1) is 0 Å². The minimum atomic E-state index is -4.41. The van der Waals surface area contributed by atoms with E-state index in [2.05, 4.69) is 17.3 Å². The first-order valence-electron chi connectivity index (χ1n) is 7.06. The summed E-state index contributed by atoms with van der Waals surface area (Å²) < 4.78 is 39.4. The lowest BCUT2D eigenvalue weighted by Gasteiger charge is -2.33. The van der Waals surface area contributed by atoms with Crippen LogP contribution in [0.2, 0.25) is 0 Å². The van der Waals surface area contributed by atoms with Gasteiger partial charge in [-0.1, -0.05) is 12.2 Å². The summed E-state index contributed by atoms with van der Waals surface area (Å²) in [4.78, 5) is 5.99. The van der Waals surface area contributed by atoms with Crippen LogP contribution in [0, 0.1) is 0 Å². The molecule has 3 N–H and O–H groups in total. The third-order valence-corrected chi connectivity index (χ3v) is 3.86. The van der Waals surface area contributed by atoms with E-state index in [4.69, 9.17) is 0 Å². The number of hydrogen-bond acceptors (Lipinski definition) is 2. The van der Waals surface area contributed by atoms with Gasteiger partial charge in [0, 0.05) is 30.2 Å². The predicted octanol–water partition coefficient (Wildman–Crippen LogP) is 2.63. The summed E-state index contributed by atoms with van der Waals surface area (Å²) >= 11 is 0. The highest BCUT2D eigenvalue weighted by Gasteiger charge is 2.34. The Bertz CT molecular complexity index is 724. The van der Waals surface area contributed by atoms with Crippen LogP contribution >= 0.6 is 0 Å². The Labute approximate surface area is 126 Å². The zero-order chi connectivity index (χ0) is 15.9. The molecule has 22 heavy (non-hydrogen) atoms. The molecule has 1 saturated heterocycles. The van der Waals surface area contributed by atoms with Gasteiger partial charge >= 0.3 is 6.18 Å². The highest BCUT2D eigenvalue weighted by atomic mass is 19.4. The molecule has 1 aliphatic heterocycles. The molecule has 0 saturated carbocycles. The van der Waals surface area contributed by atoms with E-state index in [1.165, 1.54) is 12.3 Å². The number of anilines is 1. The van der Waals surface area contributed by atoms with Gasteiger partial charge < -0.3 is 10.6 Å². The molecule has 0 unspecified atom stereocenters. The lowest BCUT2D eigenvalue weighted by atomic mass is 9.99. The summed E-state index contributed by atoms with van der Waals surface area (Å²) in [6, 6.07) is 6.17. The third kappa shape index (κ3) is 2.66. The van der Waals surface area contributed by atoms with Gasteiger partial charge in [-0.2, -0.15) is 13.2 Å². The standard InChI is InChI=1S/C16H16F3N3/c1-10-7-11(20)9-22(8-10)14-5-4-13(16(17,18)19)15-12(14)3-2-6-21-15/h2-6,11H,1,7-9,20H2/p+1/t11-/m1/s1. The molecule has 1 fully saturated rings. The van der Waals surface area contributed by atoms with E-state index in [0.717, 1.165) is 23.7 Å². The molecule has 116 valence electrons. The van der Waals surface area contributed by atoms with Crippen molar-refractivity contribution >= 4 is 16.6 Å². The number of hydrogen-bond donors (Lipinski definition) is 1. The number of piperidine rings is 1. The maximum atomic E-state index is 13.1. The summed E-state index contributed by atoms with van der Waals surface area (Å²) in [5, 5.41) is 0.513. The Morgan fingerprint density at radius 1 is 1.27 bits per heavy atom. The molecule has 3 nitrogen and oxygen atoms in total. The van der Waals surface area contributed by atoms with Crippen molar-refractivity contribution in [1.29, 1.82) is 0 Å². The van der Waals surface area contributed by atoms with Crippen LogP contribution in [-0.2, 0) is 6.18 Å². The van der Waals surface area contributed by atoms with Gasteiger partial charge in [0.1, 0.15) is 6.04 Å². The number of rotatable bonds is 1. The maximum Gasteiger partial charge on any atom is 0.418 e. The van der Waals surface area contributed by atoms with Crippen molar-refractivity contribution in [2.45, 2.75) is 18.6 Å². The second kappa shape index (κ2) is 5.28. The zero-order valence-corrected chi connectivity index (χ0v) is 12.0. The van der Waals surface area contributed by atoms with Crippen LogP contribution in [-0.4, -0.2) is 24.1 Å². The number of quaternary nitrogens is 1. The second-order valence-corrected chi connectivity index (χ2v) is 5.73. The summed E-state index contributed by atoms with van der Waals surface area (Å²) in [6.45, 7) is 5.34. The average molecular weight is 308 g/mol. The molecule has 2 aromatic rings. The van der Waals surface area contributed by atoms with Gasteiger partial charge in [-0.25, -0.2) is 0 Å². The molecule has 6 heteroatoms. The number of aromatic nitrogens is 1. The Hall–Kier alpha value is -2.08. The molecule has 0 radical (unpaired) electrons. The van der Waals surface area contributed by atoms with E-state index in [1.807, 2.05) is 4.90 Å². The van der Waals surface area contributed by atoms with Gasteiger partial charge in [-0.3, -0.25) is 4.98 Å². The van der Waals surface area contributed by atoms with Crippen LogP contribution < -0.4 is 10.6 Å². The highest BCUT2D eigenvalue weighted by molar-refractivity contribution is 5.94. The molecular formula is C16H17F3N3+. The first kappa shape index (κ1) is 14.8. The van der Waals surface area contributed by atoms with Crippen LogP contribution in [0.25, 0.3) is 10.9 Å². The lowest BCUT2D eigenvalue weighted by Crippen LogP contribution is -2.67. The zero-order valence-electron chi connectivity index (χ0n) is 12.0. The molecule has 1 aliphatic rings. The molecule has 1 aromatic heterocycles. The maximum absolute atomic E-state index is 13.1. The predicted molar refractivity (Wildman–Crippen MR) is 79.4 cm³/mol. The second-order valence-electron chi connectivity index (χ2n) is 5.73. The number of halogens is 3. The van der Waals surface area contributed by atoms with Crippen LogP contribution in [0.1, 0.15) is 12.0 Å². The largest absolute Gasteiger partial charge is 0.418 e. The van der Waals surface area contributed by atoms with Crippen LogP contribution in [0.3, 0.4) is 0 Å². The first-order chi connectivity index (χ1) is 10.4. The Balaban J connectivity index is 2.14. The van der Waals surface area contributed by atoms with Gasteiger partial charge in [-0.05, 0) is 24.3 Å². The quantitative estimate of drug-likeness (QED) is 0.823. The fourth-order valence-corrected chi connectivity index (χ4v) is 3.03. The van der Waals surface area contributed by atoms with Crippen molar-refractivity contribution in [3.63, 3.8) is 0 Å². The summed E-state index contributed by atoms with van der Waals surface area (Å²) in [5.74, 6) is 0. The van der Waals surface area contributed by atoms with Crippen molar-refractivity contribution in [3.8, 4) is 0 Å². The van der Waals surface area contributed by atoms with E-state index in [-0.39, 0.29) is 11.6 Å². The van der Waals surface area contributed by atoms with E-state index >= 15 is 0 Å². The van der Waals surface area contributed by atoms with Crippen molar-refractivity contribution in [1.82, 2.24) is 4.98 Å². The normalized spacial score (nSPS) is 19.7. The minimum absolute atomic E-state index is 0.00991. The van der Waals surface area contributed by atoms with Gasteiger partial charge in [0.05, 0.1) is 17.6 Å². The van der Waals surface area contributed by atoms with Crippen molar-refractivity contribution in [3.05, 3.63) is 48.2 Å². The third-order valence-electron chi connectivity index (χ3n) is 3.86. The van der Waals surface area contributed by atoms with Gasteiger partial charge in [0.15, 0.2) is 0 Å². The molecular weight excluding hydrogens is 291 g/mol. The van der Waals surface area contributed by atoms with E-state index < -0.39 is 11.7 Å². The Kier molecular flexibility index (Phi) is 3.56. The minimum Gasteiger partial charge on any atom is -0.361 e. The van der Waals surface area contributed by atoms with E-state index in [0.29, 0.717) is 18.5 Å². The number of nitrogens with zero attached hydrogens (tertiary/aromatic N) is 2. The summed E-state index contributed by atoms with van der Waals surface area (Å²) in [5.41, 5.74) is 5.15. The van der Waals surface area contributed by atoms with Gasteiger partial charge in [0.2, 0.25) is 0 Å². The molecule has 0 aliphatic carbocycles. The molecule has 2 heterocycles. The highest BCUT2D eigenvalue weighted by Crippen LogP contribution is 2.38. The Morgan fingerprint density at radius 3 is 2.73 bits per heavy atom. The fourth-order valence-electron chi connectivity index (χ4n) is 3.03. The number of benzene rings is 1. The van der Waals surface area contributed by atoms with E-state index in [9.17, 15) is 13.2 Å². The number of fused-ring (bicyclic) bond motifs is 1. The summed E-state index contributed by atoms with van der Waals surface area (Å²) in [7, 11) is 0. The summed E-state index contributed by atoms with van der Waals surface area (Å²) in [6.07, 6.45) is -2.17. The topological polar surface area (TPSA) is 43.8 Å². The molecule has 3 rings (SSSR count). The van der Waals surface area contributed by atoms with Crippen LogP contribution in [0.4, 0.5) is 18.9 Å². The van der Waals surface area contributed by atoms with Crippen LogP contribution in [0.5, 0.6) is 0 Å². The van der Waals surface area contributed by atoms with Crippen molar-refractivity contribution < 1.29 is 18.9 Å². The van der Waals surface area contributed by atoms with Gasteiger partial charge in [0.25, 0.3) is 0 Å².